The van der Waals surface area contributed by atoms with Gasteiger partial charge in [-0.3, -0.25) is 0 Å². The number of rotatable bonds is 7. The maximum atomic E-state index is 2.40. The first-order valence-electron chi connectivity index (χ1n) is 14.1. The zero-order chi connectivity index (χ0) is 27.6. The second-order valence-electron chi connectivity index (χ2n) is 11.5. The van der Waals surface area contributed by atoms with Gasteiger partial charge >= 0.3 is 0 Å². The van der Waals surface area contributed by atoms with Gasteiger partial charge in [0.05, 0.1) is 0 Å². The molecule has 0 nitrogen and oxygen atoms in total. The second kappa shape index (κ2) is 11.1. The minimum atomic E-state index is -0.216. The van der Waals surface area contributed by atoms with E-state index in [1.165, 1.54) is 66.8 Å². The van der Waals surface area contributed by atoms with E-state index in [4.69, 9.17) is 0 Å². The summed E-state index contributed by atoms with van der Waals surface area (Å²) in [5.41, 5.74) is 16.3. The molecule has 0 unspecified atom stereocenters. The number of hydrogen-bond acceptors (Lipinski definition) is 0. The Balaban J connectivity index is 1.50. The third-order valence-corrected chi connectivity index (χ3v) is 8.62. The fraction of sp³-hybridized carbons (Fsp3) is 0.231. The van der Waals surface area contributed by atoms with E-state index >= 15 is 0 Å². The van der Waals surface area contributed by atoms with E-state index in [9.17, 15) is 0 Å². The molecule has 0 saturated carbocycles. The molecule has 0 radical (unpaired) electrons. The first kappa shape index (κ1) is 26.7. The molecule has 39 heavy (non-hydrogen) atoms. The Labute approximate surface area is 235 Å². The summed E-state index contributed by atoms with van der Waals surface area (Å²) in [6, 6.07) is 40.5. The molecule has 0 aliphatic rings. The maximum Gasteiger partial charge on any atom is 0.0423 e. The molecule has 0 atom stereocenters. The molecule has 0 aliphatic heterocycles. The van der Waals surface area contributed by atoms with E-state index in [-0.39, 0.29) is 5.41 Å². The molecule has 5 aromatic carbocycles. The molecule has 5 rings (SSSR count). The molecule has 0 amide bonds. The van der Waals surface area contributed by atoms with Gasteiger partial charge < -0.3 is 0 Å². The van der Waals surface area contributed by atoms with Crippen LogP contribution in [0.5, 0.6) is 0 Å². The zero-order valence-corrected chi connectivity index (χ0v) is 24.3. The van der Waals surface area contributed by atoms with Crippen molar-refractivity contribution in [2.24, 2.45) is 0 Å². The van der Waals surface area contributed by atoms with E-state index in [1.807, 2.05) is 0 Å². The summed E-state index contributed by atoms with van der Waals surface area (Å²) in [5.74, 6) is 0. The summed E-state index contributed by atoms with van der Waals surface area (Å²) in [4.78, 5) is 0. The quantitative estimate of drug-likeness (QED) is 0.192. The lowest BCUT2D eigenvalue weighted by Crippen LogP contribution is -2.25. The van der Waals surface area contributed by atoms with Gasteiger partial charge in [-0.2, -0.15) is 0 Å². The van der Waals surface area contributed by atoms with Gasteiger partial charge in [0.15, 0.2) is 0 Å². The predicted molar refractivity (Wildman–Crippen MR) is 167 cm³/mol. The molecule has 0 saturated heterocycles. The first-order chi connectivity index (χ1) is 18.8. The molecule has 0 spiro atoms. The Bertz CT molecular complexity index is 1530. The summed E-state index contributed by atoms with van der Waals surface area (Å²) in [5, 5.41) is 0. The molecule has 0 aromatic heterocycles. The van der Waals surface area contributed by atoms with Gasteiger partial charge in [0, 0.05) is 5.41 Å². The molecular weight excluding hydrogens is 468 g/mol. The van der Waals surface area contributed by atoms with Crippen molar-refractivity contribution in [3.8, 4) is 0 Å². The molecule has 0 N–H and O–H groups in total. The Hall–Kier alpha value is -3.90. The Morgan fingerprint density at radius 1 is 0.487 bits per heavy atom. The molecule has 0 heteroatoms. The number of benzene rings is 5. The highest BCUT2D eigenvalue weighted by Crippen LogP contribution is 2.39. The zero-order valence-electron chi connectivity index (χ0n) is 24.3. The molecule has 5 aromatic rings. The Kier molecular flexibility index (Phi) is 7.58. The van der Waals surface area contributed by atoms with Crippen molar-refractivity contribution in [3.63, 3.8) is 0 Å². The molecule has 0 heterocycles. The van der Waals surface area contributed by atoms with Crippen molar-refractivity contribution < 1.29 is 0 Å². The van der Waals surface area contributed by atoms with Crippen LogP contribution < -0.4 is 0 Å². The second-order valence-corrected chi connectivity index (χ2v) is 11.5. The van der Waals surface area contributed by atoms with Crippen LogP contribution in [-0.4, -0.2) is 0 Å². The highest BCUT2D eigenvalue weighted by atomic mass is 14.3. The van der Waals surface area contributed by atoms with Crippen LogP contribution in [0.2, 0.25) is 0 Å². The fourth-order valence-corrected chi connectivity index (χ4v) is 6.22. The van der Waals surface area contributed by atoms with Crippen molar-refractivity contribution in [3.05, 3.63) is 176 Å². The lowest BCUT2D eigenvalue weighted by atomic mass is 9.71. The van der Waals surface area contributed by atoms with Crippen molar-refractivity contribution >= 4 is 0 Å². The van der Waals surface area contributed by atoms with Gasteiger partial charge in [-0.15, -0.1) is 0 Å². The molecule has 0 aliphatic carbocycles. The first-order valence-corrected chi connectivity index (χ1v) is 14.1. The minimum absolute atomic E-state index is 0.216. The average Bonchev–Trinajstić information content (AvgIpc) is 2.94. The molecule has 196 valence electrons. The van der Waals surface area contributed by atoms with E-state index < -0.39 is 0 Å². The smallest absolute Gasteiger partial charge is 0.0423 e. The highest BCUT2D eigenvalue weighted by Gasteiger charge is 2.30. The average molecular weight is 509 g/mol. The standard InChI is InChI=1S/C39H40/c1-27-21-29(3)31(5)33(23-27)26-34-24-28(2)22-30(4)38(34)25-32-17-19-37(20-18-32)39(6,35-13-9-7-10-14-35)36-15-11-8-12-16-36/h7-24H,25-26H2,1-6H3. The molecule has 0 fully saturated rings. The minimum Gasteiger partial charge on any atom is -0.0622 e. The van der Waals surface area contributed by atoms with Gasteiger partial charge in [0.2, 0.25) is 0 Å². The summed E-state index contributed by atoms with van der Waals surface area (Å²) < 4.78 is 0. The highest BCUT2D eigenvalue weighted by molar-refractivity contribution is 5.51. The normalized spacial score (nSPS) is 11.5. The van der Waals surface area contributed by atoms with E-state index in [2.05, 4.69) is 151 Å². The van der Waals surface area contributed by atoms with Crippen LogP contribution >= 0.6 is 0 Å². The Morgan fingerprint density at radius 3 is 1.54 bits per heavy atom. The van der Waals surface area contributed by atoms with Gasteiger partial charge in [-0.05, 0) is 110 Å². The number of aryl methyl sites for hydroxylation is 4. The lowest BCUT2D eigenvalue weighted by molar-refractivity contribution is 0.692. The maximum absolute atomic E-state index is 2.40. The summed E-state index contributed by atoms with van der Waals surface area (Å²) in [6.45, 7) is 13.5. The van der Waals surface area contributed by atoms with Crippen LogP contribution in [0.15, 0.2) is 109 Å². The van der Waals surface area contributed by atoms with Crippen LogP contribution in [0, 0.1) is 34.6 Å². The van der Waals surface area contributed by atoms with E-state index in [0.717, 1.165) is 12.8 Å². The van der Waals surface area contributed by atoms with Crippen molar-refractivity contribution in [1.29, 1.82) is 0 Å². The Morgan fingerprint density at radius 2 is 0.974 bits per heavy atom. The summed E-state index contributed by atoms with van der Waals surface area (Å²) in [7, 11) is 0. The topological polar surface area (TPSA) is 0 Å². The number of hydrogen-bond donors (Lipinski definition) is 0. The van der Waals surface area contributed by atoms with Crippen molar-refractivity contribution in [2.75, 3.05) is 0 Å². The lowest BCUT2D eigenvalue weighted by Gasteiger charge is -2.32. The van der Waals surface area contributed by atoms with Crippen molar-refractivity contribution in [1.82, 2.24) is 0 Å². The predicted octanol–water partition coefficient (Wildman–Crippen LogP) is 9.76. The monoisotopic (exact) mass is 508 g/mol. The van der Waals surface area contributed by atoms with Crippen LogP contribution in [-0.2, 0) is 18.3 Å². The third kappa shape index (κ3) is 5.48. The van der Waals surface area contributed by atoms with Gasteiger partial charge in [0.25, 0.3) is 0 Å². The van der Waals surface area contributed by atoms with Crippen LogP contribution in [0.1, 0.15) is 73.7 Å². The summed E-state index contributed by atoms with van der Waals surface area (Å²) >= 11 is 0. The largest absolute Gasteiger partial charge is 0.0622 e. The molecular formula is C39H40. The van der Waals surface area contributed by atoms with Gasteiger partial charge in [-0.25, -0.2) is 0 Å². The third-order valence-electron chi connectivity index (χ3n) is 8.62. The van der Waals surface area contributed by atoms with Crippen LogP contribution in [0.3, 0.4) is 0 Å². The van der Waals surface area contributed by atoms with E-state index in [0.29, 0.717) is 0 Å². The van der Waals surface area contributed by atoms with Crippen molar-refractivity contribution in [2.45, 2.75) is 59.8 Å². The molecule has 0 bridgehead atoms. The van der Waals surface area contributed by atoms with Gasteiger partial charge in [-0.1, -0.05) is 120 Å². The van der Waals surface area contributed by atoms with Crippen LogP contribution in [0.4, 0.5) is 0 Å². The van der Waals surface area contributed by atoms with Gasteiger partial charge in [0.1, 0.15) is 0 Å². The summed E-state index contributed by atoms with van der Waals surface area (Å²) in [6.07, 6.45) is 1.92. The van der Waals surface area contributed by atoms with Crippen LogP contribution in [0.25, 0.3) is 0 Å². The SMILES string of the molecule is Cc1cc(C)c(C)c(Cc2cc(C)cc(C)c2Cc2ccc(C(C)(c3ccccc3)c3ccccc3)cc2)c1. The fourth-order valence-electron chi connectivity index (χ4n) is 6.22. The van der Waals surface area contributed by atoms with E-state index in [1.54, 1.807) is 0 Å².